The van der Waals surface area contributed by atoms with Crippen molar-refractivity contribution in [3.8, 4) is 0 Å². The van der Waals surface area contributed by atoms with Crippen LogP contribution in [0.2, 0.25) is 0 Å². The van der Waals surface area contributed by atoms with Gasteiger partial charge in [0, 0.05) is 23.8 Å². The van der Waals surface area contributed by atoms with E-state index in [4.69, 9.17) is 5.73 Å². The minimum Gasteiger partial charge on any atom is -0.356 e. The lowest BCUT2D eigenvalue weighted by Crippen LogP contribution is -2.50. The fraction of sp³-hybridized carbons (Fsp3) is 0.909. The Bertz CT molecular complexity index is 217. The summed E-state index contributed by atoms with van der Waals surface area (Å²) in [5.74, 6) is 0.116. The lowest BCUT2D eigenvalue weighted by atomic mass is 9.75. The molecular weight excluding hydrogens is 208 g/mol. The van der Waals surface area contributed by atoms with Crippen LogP contribution in [0.15, 0.2) is 0 Å². The van der Waals surface area contributed by atoms with Gasteiger partial charge in [-0.05, 0) is 31.9 Å². The van der Waals surface area contributed by atoms with Gasteiger partial charge in [0.15, 0.2) is 0 Å². The molecule has 1 aliphatic carbocycles. The van der Waals surface area contributed by atoms with Gasteiger partial charge < -0.3 is 11.1 Å². The zero-order valence-electron chi connectivity index (χ0n) is 9.71. The molecule has 0 saturated heterocycles. The first-order chi connectivity index (χ1) is 7.06. The van der Waals surface area contributed by atoms with Gasteiger partial charge in [0.1, 0.15) is 0 Å². The van der Waals surface area contributed by atoms with Crippen LogP contribution in [0.3, 0.4) is 0 Å². The van der Waals surface area contributed by atoms with Crippen LogP contribution >= 0.6 is 11.8 Å². The first-order valence-electron chi connectivity index (χ1n) is 5.64. The number of rotatable bonds is 6. The molecule has 0 aromatic heterocycles. The molecule has 0 bridgehead atoms. The van der Waals surface area contributed by atoms with Crippen LogP contribution in [0, 0.1) is 0 Å². The summed E-state index contributed by atoms with van der Waals surface area (Å²) in [6.45, 7) is 2.95. The number of hydrogen-bond acceptors (Lipinski definition) is 3. The maximum Gasteiger partial charge on any atom is 0.221 e. The highest BCUT2D eigenvalue weighted by Crippen LogP contribution is 2.31. The maximum atomic E-state index is 11.5. The van der Waals surface area contributed by atoms with Crippen molar-refractivity contribution in [3.05, 3.63) is 0 Å². The van der Waals surface area contributed by atoms with E-state index in [0.29, 0.717) is 11.7 Å². The number of carbonyl (C=O) groups excluding carboxylic acids is 1. The molecule has 0 aromatic rings. The minimum absolute atomic E-state index is 0.116. The van der Waals surface area contributed by atoms with Crippen LogP contribution in [0.1, 0.15) is 39.0 Å². The molecule has 3 nitrogen and oxygen atoms in total. The lowest BCUT2D eigenvalue weighted by Gasteiger charge is -2.37. The largest absolute Gasteiger partial charge is 0.356 e. The third-order valence-corrected chi connectivity index (χ3v) is 4.18. The fourth-order valence-corrected chi connectivity index (χ4v) is 2.08. The molecule has 3 N–H and O–H groups in total. The second kappa shape index (κ2) is 5.75. The van der Waals surface area contributed by atoms with E-state index < -0.39 is 0 Å². The standard InChI is InChI=1S/C11H22N2OS/c1-9(15-2)4-7-13-10(14)8-11(12)5-3-6-11/h9H,3-8,12H2,1-2H3,(H,13,14). The Morgan fingerprint density at radius 1 is 1.60 bits per heavy atom. The Hall–Kier alpha value is -0.220. The predicted molar refractivity (Wildman–Crippen MR) is 66.0 cm³/mol. The monoisotopic (exact) mass is 230 g/mol. The summed E-state index contributed by atoms with van der Waals surface area (Å²) in [5.41, 5.74) is 5.81. The Balaban J connectivity index is 2.08. The van der Waals surface area contributed by atoms with Crippen molar-refractivity contribution < 1.29 is 4.79 Å². The topological polar surface area (TPSA) is 55.1 Å². The molecule has 0 aromatic carbocycles. The highest BCUT2D eigenvalue weighted by molar-refractivity contribution is 7.99. The minimum atomic E-state index is -0.185. The van der Waals surface area contributed by atoms with Crippen LogP contribution in [0.5, 0.6) is 0 Å². The first-order valence-corrected chi connectivity index (χ1v) is 6.93. The summed E-state index contributed by atoms with van der Waals surface area (Å²) in [6.07, 6.45) is 6.80. The van der Waals surface area contributed by atoms with E-state index in [1.807, 2.05) is 11.8 Å². The van der Waals surface area contributed by atoms with Gasteiger partial charge in [-0.25, -0.2) is 0 Å². The van der Waals surface area contributed by atoms with E-state index in [9.17, 15) is 4.79 Å². The fourth-order valence-electron chi connectivity index (χ4n) is 1.72. The van der Waals surface area contributed by atoms with Crippen LogP contribution in [-0.4, -0.2) is 29.5 Å². The Morgan fingerprint density at radius 3 is 2.73 bits per heavy atom. The number of nitrogens with one attached hydrogen (secondary N) is 1. The molecule has 15 heavy (non-hydrogen) atoms. The summed E-state index contributed by atoms with van der Waals surface area (Å²) in [4.78, 5) is 11.5. The third-order valence-electron chi connectivity index (χ3n) is 3.14. The van der Waals surface area contributed by atoms with Gasteiger partial charge in [0.25, 0.3) is 0 Å². The Morgan fingerprint density at radius 2 is 2.27 bits per heavy atom. The van der Waals surface area contributed by atoms with E-state index in [-0.39, 0.29) is 11.4 Å². The molecule has 0 heterocycles. The van der Waals surface area contributed by atoms with Gasteiger partial charge in [-0.1, -0.05) is 6.92 Å². The third kappa shape index (κ3) is 4.43. The molecule has 1 amide bonds. The zero-order valence-corrected chi connectivity index (χ0v) is 10.5. The van der Waals surface area contributed by atoms with E-state index in [1.54, 1.807) is 0 Å². The summed E-state index contributed by atoms with van der Waals surface area (Å²) in [6, 6.07) is 0. The van der Waals surface area contributed by atoms with Crippen molar-refractivity contribution in [1.82, 2.24) is 5.32 Å². The van der Waals surface area contributed by atoms with Gasteiger partial charge in [-0.2, -0.15) is 11.8 Å². The summed E-state index contributed by atoms with van der Waals surface area (Å²) in [7, 11) is 0. The average Bonchev–Trinajstić information content (AvgIpc) is 2.15. The van der Waals surface area contributed by atoms with Gasteiger partial charge in [0.2, 0.25) is 5.91 Å². The Kier molecular flexibility index (Phi) is 4.93. The van der Waals surface area contributed by atoms with Crippen molar-refractivity contribution in [2.75, 3.05) is 12.8 Å². The highest BCUT2D eigenvalue weighted by Gasteiger charge is 2.34. The summed E-state index contributed by atoms with van der Waals surface area (Å²) in [5, 5.41) is 3.55. The molecule has 1 saturated carbocycles. The van der Waals surface area contributed by atoms with Crippen molar-refractivity contribution in [2.45, 2.75) is 49.8 Å². The zero-order chi connectivity index (χ0) is 11.3. The number of hydrogen-bond donors (Lipinski definition) is 2. The first kappa shape index (κ1) is 12.8. The molecule has 1 aliphatic rings. The molecule has 0 aliphatic heterocycles. The van der Waals surface area contributed by atoms with Crippen molar-refractivity contribution in [2.24, 2.45) is 5.73 Å². The second-order valence-corrected chi connectivity index (χ2v) is 5.85. The van der Waals surface area contributed by atoms with Crippen LogP contribution < -0.4 is 11.1 Å². The van der Waals surface area contributed by atoms with E-state index in [2.05, 4.69) is 18.5 Å². The molecule has 4 heteroatoms. The molecule has 1 atom stereocenters. The average molecular weight is 230 g/mol. The van der Waals surface area contributed by atoms with Crippen molar-refractivity contribution in [1.29, 1.82) is 0 Å². The quantitative estimate of drug-likeness (QED) is 0.727. The molecule has 88 valence electrons. The molecule has 1 rings (SSSR count). The summed E-state index contributed by atoms with van der Waals surface area (Å²) >= 11 is 1.83. The molecule has 0 spiro atoms. The highest BCUT2D eigenvalue weighted by atomic mass is 32.2. The number of nitrogens with two attached hydrogens (primary N) is 1. The molecular formula is C11H22N2OS. The summed E-state index contributed by atoms with van der Waals surface area (Å²) < 4.78 is 0. The van der Waals surface area contributed by atoms with Gasteiger partial charge in [0.05, 0.1) is 0 Å². The van der Waals surface area contributed by atoms with Crippen molar-refractivity contribution in [3.63, 3.8) is 0 Å². The maximum absolute atomic E-state index is 11.5. The van der Waals surface area contributed by atoms with E-state index in [0.717, 1.165) is 25.8 Å². The van der Waals surface area contributed by atoms with E-state index >= 15 is 0 Å². The molecule has 0 radical (unpaired) electrons. The van der Waals surface area contributed by atoms with Crippen LogP contribution in [0.4, 0.5) is 0 Å². The normalized spacial score (nSPS) is 20.5. The second-order valence-electron chi connectivity index (χ2n) is 4.58. The van der Waals surface area contributed by atoms with Crippen LogP contribution in [0.25, 0.3) is 0 Å². The van der Waals surface area contributed by atoms with Gasteiger partial charge in [-0.3, -0.25) is 4.79 Å². The Labute approximate surface area is 96.6 Å². The van der Waals surface area contributed by atoms with Gasteiger partial charge in [-0.15, -0.1) is 0 Å². The van der Waals surface area contributed by atoms with E-state index in [1.165, 1.54) is 6.42 Å². The molecule has 1 fully saturated rings. The predicted octanol–water partition coefficient (Wildman–Crippen LogP) is 1.52. The molecule has 1 unspecified atom stereocenters. The lowest BCUT2D eigenvalue weighted by molar-refractivity contribution is -0.122. The number of amides is 1. The smallest absolute Gasteiger partial charge is 0.221 e. The SMILES string of the molecule is CSC(C)CCNC(=O)CC1(N)CCC1. The number of thioether (sulfide) groups is 1. The number of carbonyl (C=O) groups is 1. The van der Waals surface area contributed by atoms with Crippen molar-refractivity contribution >= 4 is 17.7 Å². The van der Waals surface area contributed by atoms with Gasteiger partial charge >= 0.3 is 0 Å². The van der Waals surface area contributed by atoms with Crippen LogP contribution in [-0.2, 0) is 4.79 Å².